The molecule has 1 N–H and O–H groups in total. The minimum absolute atomic E-state index is 0.799. The minimum atomic E-state index is 0.799. The number of aromatic nitrogens is 1. The first-order valence-electron chi connectivity index (χ1n) is 6.38. The van der Waals surface area contributed by atoms with E-state index in [0.717, 1.165) is 29.6 Å². The first-order valence-corrected chi connectivity index (χ1v) is 6.38. The summed E-state index contributed by atoms with van der Waals surface area (Å²) in [4.78, 5) is 4.21. The van der Waals surface area contributed by atoms with E-state index in [9.17, 15) is 0 Å². The van der Waals surface area contributed by atoms with E-state index < -0.39 is 0 Å². The second kappa shape index (κ2) is 7.15. The van der Waals surface area contributed by atoms with Gasteiger partial charge in [-0.2, -0.15) is 0 Å². The molecule has 1 aromatic heterocycles. The lowest BCUT2D eigenvalue weighted by molar-refractivity contribution is 0.414. The molecule has 0 amide bonds. The molecule has 3 nitrogen and oxygen atoms in total. The SMILES string of the molecule is COc1cnc(C)cc1NCCCCC(C)C. The van der Waals surface area contributed by atoms with Crippen LogP contribution in [0.5, 0.6) is 5.75 Å². The zero-order chi connectivity index (χ0) is 12.7. The van der Waals surface area contributed by atoms with Crippen LogP contribution in [0, 0.1) is 12.8 Å². The van der Waals surface area contributed by atoms with Gasteiger partial charge in [0.1, 0.15) is 0 Å². The lowest BCUT2D eigenvalue weighted by Crippen LogP contribution is -2.04. The molecule has 0 saturated heterocycles. The van der Waals surface area contributed by atoms with Crippen molar-refractivity contribution in [1.82, 2.24) is 4.98 Å². The number of hydrogen-bond donors (Lipinski definition) is 1. The summed E-state index contributed by atoms with van der Waals surface area (Å²) in [5.41, 5.74) is 2.06. The van der Waals surface area contributed by atoms with Gasteiger partial charge in [0.05, 0.1) is 19.0 Å². The predicted octanol–water partition coefficient (Wildman–Crippen LogP) is 3.64. The molecule has 0 bridgehead atoms. The summed E-state index contributed by atoms with van der Waals surface area (Å²) in [5, 5.41) is 3.41. The van der Waals surface area contributed by atoms with Crippen LogP contribution >= 0.6 is 0 Å². The van der Waals surface area contributed by atoms with Gasteiger partial charge in [-0.05, 0) is 25.3 Å². The molecule has 0 aromatic carbocycles. The fourth-order valence-electron chi connectivity index (χ4n) is 1.75. The molecular formula is C14H24N2O. The molecule has 3 heteroatoms. The van der Waals surface area contributed by atoms with Crippen molar-refractivity contribution in [2.24, 2.45) is 5.92 Å². The monoisotopic (exact) mass is 236 g/mol. The number of pyridine rings is 1. The third-order valence-corrected chi connectivity index (χ3v) is 2.75. The Kier molecular flexibility index (Phi) is 5.81. The second-order valence-electron chi connectivity index (χ2n) is 4.84. The number of aryl methyl sites for hydroxylation is 1. The highest BCUT2D eigenvalue weighted by Gasteiger charge is 2.03. The zero-order valence-corrected chi connectivity index (χ0v) is 11.4. The van der Waals surface area contributed by atoms with Gasteiger partial charge in [-0.15, -0.1) is 0 Å². The molecule has 0 spiro atoms. The van der Waals surface area contributed by atoms with E-state index in [0.29, 0.717) is 0 Å². The third-order valence-electron chi connectivity index (χ3n) is 2.75. The lowest BCUT2D eigenvalue weighted by atomic mass is 10.1. The molecule has 0 unspecified atom stereocenters. The van der Waals surface area contributed by atoms with Gasteiger partial charge in [0, 0.05) is 12.2 Å². The Morgan fingerprint density at radius 1 is 1.35 bits per heavy atom. The van der Waals surface area contributed by atoms with Crippen molar-refractivity contribution in [3.05, 3.63) is 18.0 Å². The number of hydrogen-bond acceptors (Lipinski definition) is 3. The smallest absolute Gasteiger partial charge is 0.160 e. The highest BCUT2D eigenvalue weighted by Crippen LogP contribution is 2.23. The van der Waals surface area contributed by atoms with Crippen LogP contribution in [0.3, 0.4) is 0 Å². The van der Waals surface area contributed by atoms with E-state index >= 15 is 0 Å². The quantitative estimate of drug-likeness (QED) is 0.734. The Morgan fingerprint density at radius 2 is 2.12 bits per heavy atom. The number of unbranched alkanes of at least 4 members (excludes halogenated alkanes) is 1. The standard InChI is InChI=1S/C14H24N2O/c1-11(2)7-5-6-8-15-13-9-12(3)16-10-14(13)17-4/h9-11H,5-8H2,1-4H3,(H,15,16). The van der Waals surface area contributed by atoms with Crippen LogP contribution in [-0.4, -0.2) is 18.6 Å². The number of ether oxygens (including phenoxy) is 1. The highest BCUT2D eigenvalue weighted by molar-refractivity contribution is 5.55. The number of nitrogens with one attached hydrogen (secondary N) is 1. The molecule has 96 valence electrons. The largest absolute Gasteiger partial charge is 0.493 e. The van der Waals surface area contributed by atoms with E-state index in [1.807, 2.05) is 13.0 Å². The summed E-state index contributed by atoms with van der Waals surface area (Å²) < 4.78 is 5.27. The number of rotatable bonds is 7. The van der Waals surface area contributed by atoms with Crippen LogP contribution in [0.1, 0.15) is 38.8 Å². The Hall–Kier alpha value is -1.25. The van der Waals surface area contributed by atoms with E-state index in [2.05, 4.69) is 24.1 Å². The van der Waals surface area contributed by atoms with Crippen molar-refractivity contribution in [2.75, 3.05) is 19.0 Å². The van der Waals surface area contributed by atoms with E-state index in [-0.39, 0.29) is 0 Å². The summed E-state index contributed by atoms with van der Waals surface area (Å²) in [6.45, 7) is 7.52. The first-order chi connectivity index (χ1) is 8.13. The van der Waals surface area contributed by atoms with Gasteiger partial charge in [0.15, 0.2) is 5.75 Å². The molecule has 0 aliphatic carbocycles. The molecule has 17 heavy (non-hydrogen) atoms. The van der Waals surface area contributed by atoms with Crippen LogP contribution in [0.15, 0.2) is 12.3 Å². The van der Waals surface area contributed by atoms with Crippen LogP contribution in [0.2, 0.25) is 0 Å². The van der Waals surface area contributed by atoms with Crippen LogP contribution in [-0.2, 0) is 0 Å². The van der Waals surface area contributed by atoms with Gasteiger partial charge in [0.2, 0.25) is 0 Å². The normalized spacial score (nSPS) is 10.6. The van der Waals surface area contributed by atoms with Gasteiger partial charge in [-0.1, -0.05) is 26.7 Å². The topological polar surface area (TPSA) is 34.1 Å². The first kappa shape index (κ1) is 13.8. The second-order valence-corrected chi connectivity index (χ2v) is 4.84. The van der Waals surface area contributed by atoms with Gasteiger partial charge in [-0.25, -0.2) is 0 Å². The van der Waals surface area contributed by atoms with Crippen molar-refractivity contribution in [1.29, 1.82) is 0 Å². The van der Waals surface area contributed by atoms with E-state index in [1.54, 1.807) is 13.3 Å². The lowest BCUT2D eigenvalue weighted by Gasteiger charge is -2.11. The number of nitrogens with zero attached hydrogens (tertiary/aromatic N) is 1. The Labute approximate surface area is 105 Å². The minimum Gasteiger partial charge on any atom is -0.493 e. The van der Waals surface area contributed by atoms with Crippen molar-refractivity contribution in [3.63, 3.8) is 0 Å². The van der Waals surface area contributed by atoms with E-state index in [1.165, 1.54) is 19.3 Å². The molecule has 1 rings (SSSR count). The summed E-state index contributed by atoms with van der Waals surface area (Å²) in [6.07, 6.45) is 5.54. The maximum absolute atomic E-state index is 5.27. The molecule has 0 atom stereocenters. The maximum Gasteiger partial charge on any atom is 0.160 e. The molecule has 0 aliphatic rings. The average molecular weight is 236 g/mol. The summed E-state index contributed by atoms with van der Waals surface area (Å²) >= 11 is 0. The Balaban J connectivity index is 2.37. The predicted molar refractivity (Wildman–Crippen MR) is 72.7 cm³/mol. The van der Waals surface area contributed by atoms with Crippen molar-refractivity contribution >= 4 is 5.69 Å². The third kappa shape index (κ3) is 5.07. The molecule has 0 aliphatic heterocycles. The van der Waals surface area contributed by atoms with Crippen LogP contribution < -0.4 is 10.1 Å². The highest BCUT2D eigenvalue weighted by atomic mass is 16.5. The van der Waals surface area contributed by atoms with Gasteiger partial charge in [0.25, 0.3) is 0 Å². The fraction of sp³-hybridized carbons (Fsp3) is 0.643. The van der Waals surface area contributed by atoms with Crippen LogP contribution in [0.4, 0.5) is 5.69 Å². The molecule has 0 fully saturated rings. The summed E-state index contributed by atoms with van der Waals surface area (Å²) in [5.74, 6) is 1.62. The van der Waals surface area contributed by atoms with Crippen molar-refractivity contribution in [3.8, 4) is 5.75 Å². The molecule has 1 heterocycles. The molecule has 0 saturated carbocycles. The Bertz CT molecular complexity index is 337. The van der Waals surface area contributed by atoms with Crippen molar-refractivity contribution < 1.29 is 4.74 Å². The fourth-order valence-corrected chi connectivity index (χ4v) is 1.75. The number of methoxy groups -OCH3 is 1. The van der Waals surface area contributed by atoms with Gasteiger partial charge >= 0.3 is 0 Å². The van der Waals surface area contributed by atoms with E-state index in [4.69, 9.17) is 4.74 Å². The average Bonchev–Trinajstić information content (AvgIpc) is 2.28. The maximum atomic E-state index is 5.27. The van der Waals surface area contributed by atoms with Crippen LogP contribution in [0.25, 0.3) is 0 Å². The summed E-state index contributed by atoms with van der Waals surface area (Å²) in [6, 6.07) is 2.03. The Morgan fingerprint density at radius 3 is 2.76 bits per heavy atom. The van der Waals surface area contributed by atoms with Crippen molar-refractivity contribution in [2.45, 2.75) is 40.0 Å². The number of anilines is 1. The molecule has 0 radical (unpaired) electrons. The van der Waals surface area contributed by atoms with Gasteiger partial charge in [-0.3, -0.25) is 4.98 Å². The summed E-state index contributed by atoms with van der Waals surface area (Å²) in [7, 11) is 1.68. The zero-order valence-electron chi connectivity index (χ0n) is 11.4. The molecular weight excluding hydrogens is 212 g/mol. The van der Waals surface area contributed by atoms with Gasteiger partial charge < -0.3 is 10.1 Å². The molecule has 1 aromatic rings.